The van der Waals surface area contributed by atoms with Gasteiger partial charge < -0.3 is 10.0 Å². The van der Waals surface area contributed by atoms with E-state index in [2.05, 4.69) is 20.9 Å². The van der Waals surface area contributed by atoms with Gasteiger partial charge in [-0.25, -0.2) is 4.98 Å². The average Bonchev–Trinajstić information content (AvgIpc) is 2.51. The topological polar surface area (TPSA) is 36.4 Å². The minimum atomic E-state index is -0.253. The van der Waals surface area contributed by atoms with Crippen LogP contribution in [0.15, 0.2) is 16.7 Å². The Hall–Kier alpha value is -0.320. The van der Waals surface area contributed by atoms with Crippen LogP contribution in [-0.4, -0.2) is 29.3 Å². The van der Waals surface area contributed by atoms with Crippen molar-refractivity contribution in [3.8, 4) is 0 Å². The third kappa shape index (κ3) is 2.02. The molecule has 76 valence electrons. The lowest BCUT2D eigenvalue weighted by Gasteiger charge is -2.17. The summed E-state index contributed by atoms with van der Waals surface area (Å²) < 4.78 is 0.867. The minimum absolute atomic E-state index is 0.253. The van der Waals surface area contributed by atoms with E-state index >= 15 is 0 Å². The number of hydrogen-bond donors (Lipinski definition) is 1. The van der Waals surface area contributed by atoms with Gasteiger partial charge in [0.1, 0.15) is 5.82 Å². The van der Waals surface area contributed by atoms with Crippen LogP contribution in [0.4, 0.5) is 5.82 Å². The van der Waals surface area contributed by atoms with Crippen LogP contribution < -0.4 is 4.90 Å². The molecule has 0 spiro atoms. The number of aliphatic hydroxyl groups is 1. The van der Waals surface area contributed by atoms with Crippen molar-refractivity contribution in [2.75, 3.05) is 18.0 Å². The van der Waals surface area contributed by atoms with Crippen molar-refractivity contribution in [1.82, 2.24) is 4.98 Å². The lowest BCUT2D eigenvalue weighted by Crippen LogP contribution is -2.22. The molecule has 2 rings (SSSR count). The molecule has 1 N–H and O–H groups in total. The molecule has 1 aliphatic rings. The summed E-state index contributed by atoms with van der Waals surface area (Å²) in [7, 11) is 0. The van der Waals surface area contributed by atoms with Crippen molar-refractivity contribution in [1.29, 1.82) is 0 Å². The first-order chi connectivity index (χ1) is 6.66. The fourth-order valence-corrected chi connectivity index (χ4v) is 2.32. The highest BCUT2D eigenvalue weighted by molar-refractivity contribution is 9.10. The Labute approximate surface area is 95.8 Å². The van der Waals surface area contributed by atoms with Gasteiger partial charge in [0.15, 0.2) is 0 Å². The monoisotopic (exact) mass is 276 g/mol. The molecule has 1 aromatic heterocycles. The zero-order valence-corrected chi connectivity index (χ0v) is 9.79. The Bertz CT molecular complexity index is 348. The van der Waals surface area contributed by atoms with Crippen LogP contribution in [0.5, 0.6) is 0 Å². The lowest BCUT2D eigenvalue weighted by molar-refractivity contribution is 0.198. The molecule has 0 radical (unpaired) electrons. The minimum Gasteiger partial charge on any atom is -0.391 e. The van der Waals surface area contributed by atoms with Gasteiger partial charge in [-0.3, -0.25) is 0 Å². The Morgan fingerprint density at radius 2 is 2.43 bits per heavy atom. The van der Waals surface area contributed by atoms with Gasteiger partial charge in [0.2, 0.25) is 0 Å². The highest BCUT2D eigenvalue weighted by Crippen LogP contribution is 2.28. The molecule has 1 aromatic rings. The van der Waals surface area contributed by atoms with Crippen molar-refractivity contribution in [3.63, 3.8) is 0 Å². The van der Waals surface area contributed by atoms with Crippen LogP contribution in [0.25, 0.3) is 0 Å². The summed E-state index contributed by atoms with van der Waals surface area (Å²) in [6.07, 6.45) is 2.25. The molecule has 0 unspecified atom stereocenters. The van der Waals surface area contributed by atoms with Crippen molar-refractivity contribution < 1.29 is 5.11 Å². The second-order valence-electron chi connectivity index (χ2n) is 3.35. The van der Waals surface area contributed by atoms with Crippen LogP contribution in [-0.2, 0) is 0 Å². The number of hydrogen-bond acceptors (Lipinski definition) is 3. The molecule has 0 saturated carbocycles. The Morgan fingerprint density at radius 3 is 3.00 bits per heavy atom. The molecule has 14 heavy (non-hydrogen) atoms. The fourth-order valence-electron chi connectivity index (χ4n) is 1.57. The third-order valence-corrected chi connectivity index (χ3v) is 2.96. The van der Waals surface area contributed by atoms with E-state index in [0.717, 1.165) is 23.3 Å². The SMILES string of the molecule is O[C@H]1CCN(c2ncc(Br)cc2Cl)C1. The molecule has 0 bridgehead atoms. The molecule has 1 aliphatic heterocycles. The Kier molecular flexibility index (Phi) is 2.95. The lowest BCUT2D eigenvalue weighted by atomic mass is 10.3. The van der Waals surface area contributed by atoms with Gasteiger partial charge in [-0.1, -0.05) is 11.6 Å². The first-order valence-corrected chi connectivity index (χ1v) is 5.58. The van der Waals surface area contributed by atoms with Crippen molar-refractivity contribution in [2.24, 2.45) is 0 Å². The summed E-state index contributed by atoms with van der Waals surface area (Å²) in [5.74, 6) is 0.756. The molecular weight excluding hydrogens is 267 g/mol. The summed E-state index contributed by atoms with van der Waals surface area (Å²) in [4.78, 5) is 6.23. The zero-order chi connectivity index (χ0) is 10.1. The number of aliphatic hydroxyl groups excluding tert-OH is 1. The van der Waals surface area contributed by atoms with E-state index in [1.807, 2.05) is 11.0 Å². The Balaban J connectivity index is 2.24. The Morgan fingerprint density at radius 1 is 1.64 bits per heavy atom. The average molecular weight is 278 g/mol. The maximum Gasteiger partial charge on any atom is 0.147 e. The standard InChI is InChI=1S/C9H10BrClN2O/c10-6-3-8(11)9(12-4-6)13-2-1-7(14)5-13/h3-4,7,14H,1-2,5H2/t7-/m0/s1. The van der Waals surface area contributed by atoms with Gasteiger partial charge in [0.25, 0.3) is 0 Å². The molecule has 3 nitrogen and oxygen atoms in total. The number of anilines is 1. The number of halogens is 2. The summed E-state index contributed by atoms with van der Waals surface area (Å²) in [5, 5.41) is 10.0. The largest absolute Gasteiger partial charge is 0.391 e. The molecule has 1 atom stereocenters. The van der Waals surface area contributed by atoms with Crippen LogP contribution in [0, 0.1) is 0 Å². The zero-order valence-electron chi connectivity index (χ0n) is 7.45. The second kappa shape index (κ2) is 4.04. The van der Waals surface area contributed by atoms with Crippen LogP contribution in [0.3, 0.4) is 0 Å². The van der Waals surface area contributed by atoms with Gasteiger partial charge in [0, 0.05) is 23.8 Å². The highest BCUT2D eigenvalue weighted by Gasteiger charge is 2.22. The van der Waals surface area contributed by atoms with E-state index in [4.69, 9.17) is 11.6 Å². The maximum atomic E-state index is 9.38. The van der Waals surface area contributed by atoms with Crippen LogP contribution in [0.1, 0.15) is 6.42 Å². The molecule has 1 fully saturated rings. The van der Waals surface area contributed by atoms with Gasteiger partial charge in [0.05, 0.1) is 11.1 Å². The van der Waals surface area contributed by atoms with Crippen LogP contribution >= 0.6 is 27.5 Å². The van der Waals surface area contributed by atoms with E-state index in [1.54, 1.807) is 6.20 Å². The quantitative estimate of drug-likeness (QED) is 0.854. The normalized spacial score (nSPS) is 21.6. The van der Waals surface area contributed by atoms with Gasteiger partial charge in [-0.05, 0) is 28.4 Å². The molecule has 0 amide bonds. The van der Waals surface area contributed by atoms with E-state index < -0.39 is 0 Å². The summed E-state index contributed by atoms with van der Waals surface area (Å²) >= 11 is 9.34. The molecule has 2 heterocycles. The van der Waals surface area contributed by atoms with Crippen molar-refractivity contribution in [2.45, 2.75) is 12.5 Å². The van der Waals surface area contributed by atoms with Crippen molar-refractivity contribution >= 4 is 33.3 Å². The summed E-state index contributed by atoms with van der Waals surface area (Å²) in [5.41, 5.74) is 0. The molecule has 0 aromatic carbocycles. The highest BCUT2D eigenvalue weighted by atomic mass is 79.9. The predicted octanol–water partition coefficient (Wildman–Crippen LogP) is 2.07. The second-order valence-corrected chi connectivity index (χ2v) is 4.67. The van der Waals surface area contributed by atoms with Gasteiger partial charge in [-0.2, -0.15) is 0 Å². The smallest absolute Gasteiger partial charge is 0.147 e. The predicted molar refractivity (Wildman–Crippen MR) is 59.8 cm³/mol. The van der Waals surface area contributed by atoms with E-state index in [1.165, 1.54) is 0 Å². The molecular formula is C9H10BrClN2O. The first-order valence-electron chi connectivity index (χ1n) is 4.41. The summed E-state index contributed by atoms with van der Waals surface area (Å²) in [6.45, 7) is 1.43. The fraction of sp³-hybridized carbons (Fsp3) is 0.444. The number of aromatic nitrogens is 1. The number of nitrogens with zero attached hydrogens (tertiary/aromatic N) is 2. The van der Waals surface area contributed by atoms with Crippen LogP contribution in [0.2, 0.25) is 5.02 Å². The molecule has 1 saturated heterocycles. The van der Waals surface area contributed by atoms with E-state index in [9.17, 15) is 5.11 Å². The number of β-amino-alcohol motifs (C(OH)–C–C–N with tert-alkyl or cyclic N) is 1. The van der Waals surface area contributed by atoms with E-state index in [0.29, 0.717) is 11.6 Å². The first kappa shape index (κ1) is 10.2. The van der Waals surface area contributed by atoms with Gasteiger partial charge in [-0.15, -0.1) is 0 Å². The molecule has 5 heteroatoms. The van der Waals surface area contributed by atoms with Crippen molar-refractivity contribution in [3.05, 3.63) is 21.8 Å². The summed E-state index contributed by atoms with van der Waals surface area (Å²) in [6, 6.07) is 1.81. The third-order valence-electron chi connectivity index (χ3n) is 2.25. The maximum absolute atomic E-state index is 9.38. The van der Waals surface area contributed by atoms with E-state index in [-0.39, 0.29) is 6.10 Å². The number of rotatable bonds is 1. The molecule has 0 aliphatic carbocycles. The van der Waals surface area contributed by atoms with Gasteiger partial charge >= 0.3 is 0 Å². The number of pyridine rings is 1.